The van der Waals surface area contributed by atoms with Gasteiger partial charge in [0.1, 0.15) is 5.82 Å². The van der Waals surface area contributed by atoms with Crippen molar-refractivity contribution < 1.29 is 5.11 Å². The van der Waals surface area contributed by atoms with Gasteiger partial charge in [0.2, 0.25) is 0 Å². The fraction of sp³-hybridized carbons (Fsp3) is 0.692. The van der Waals surface area contributed by atoms with E-state index in [2.05, 4.69) is 16.8 Å². The van der Waals surface area contributed by atoms with E-state index in [0.717, 1.165) is 43.2 Å². The Morgan fingerprint density at radius 1 is 1.39 bits per heavy atom. The third-order valence-electron chi connectivity index (χ3n) is 3.47. The normalized spacial score (nSPS) is 18.8. The molecule has 18 heavy (non-hydrogen) atoms. The second kappa shape index (κ2) is 5.89. The number of hydrogen-bond acceptors (Lipinski definition) is 4. The standard InChI is InChI=1S/C13H21N3OS/c1-3-9-16-11(2)14-15-12(16)18-10-13(17)7-5-4-6-8-13/h3,17H,1,4-10H2,2H3. The maximum Gasteiger partial charge on any atom is 0.191 e. The largest absolute Gasteiger partial charge is 0.389 e. The molecule has 1 heterocycles. The van der Waals surface area contributed by atoms with Crippen LogP contribution in [-0.4, -0.2) is 31.2 Å². The van der Waals surface area contributed by atoms with Crippen molar-refractivity contribution in [2.75, 3.05) is 5.75 Å². The summed E-state index contributed by atoms with van der Waals surface area (Å²) in [5, 5.41) is 19.6. The average molecular weight is 267 g/mol. The Balaban J connectivity index is 1.99. The van der Waals surface area contributed by atoms with Crippen LogP contribution in [0.5, 0.6) is 0 Å². The molecule has 0 bridgehead atoms. The topological polar surface area (TPSA) is 50.9 Å². The van der Waals surface area contributed by atoms with Gasteiger partial charge in [0, 0.05) is 12.3 Å². The van der Waals surface area contributed by atoms with Gasteiger partial charge in [-0.3, -0.25) is 0 Å². The van der Waals surface area contributed by atoms with Crippen LogP contribution in [0.15, 0.2) is 17.8 Å². The van der Waals surface area contributed by atoms with Crippen molar-refractivity contribution in [3.8, 4) is 0 Å². The van der Waals surface area contributed by atoms with Crippen molar-refractivity contribution in [3.63, 3.8) is 0 Å². The molecule has 1 aromatic heterocycles. The number of nitrogens with zero attached hydrogens (tertiary/aromatic N) is 3. The predicted octanol–water partition coefficient (Wildman–Crippen LogP) is 2.56. The van der Waals surface area contributed by atoms with Gasteiger partial charge >= 0.3 is 0 Å². The van der Waals surface area contributed by atoms with Crippen LogP contribution < -0.4 is 0 Å². The zero-order chi connectivity index (χ0) is 13.0. The van der Waals surface area contributed by atoms with E-state index in [9.17, 15) is 5.11 Å². The minimum absolute atomic E-state index is 0.512. The summed E-state index contributed by atoms with van der Waals surface area (Å²) in [5.74, 6) is 1.61. The molecule has 100 valence electrons. The third kappa shape index (κ3) is 3.14. The van der Waals surface area contributed by atoms with Gasteiger partial charge in [-0.05, 0) is 19.8 Å². The quantitative estimate of drug-likeness (QED) is 0.658. The van der Waals surface area contributed by atoms with E-state index in [1.807, 2.05) is 17.6 Å². The van der Waals surface area contributed by atoms with E-state index < -0.39 is 5.60 Å². The first-order valence-electron chi connectivity index (χ1n) is 6.50. The van der Waals surface area contributed by atoms with Crippen molar-refractivity contribution in [1.82, 2.24) is 14.8 Å². The number of aromatic nitrogens is 3. The molecule has 1 fully saturated rings. The molecule has 1 N–H and O–H groups in total. The molecular weight excluding hydrogens is 246 g/mol. The molecule has 0 aromatic carbocycles. The van der Waals surface area contributed by atoms with Gasteiger partial charge in [-0.2, -0.15) is 0 Å². The molecule has 0 spiro atoms. The van der Waals surface area contributed by atoms with E-state index in [-0.39, 0.29) is 0 Å². The second-order valence-electron chi connectivity index (χ2n) is 5.00. The van der Waals surface area contributed by atoms with E-state index in [0.29, 0.717) is 5.75 Å². The maximum atomic E-state index is 10.5. The van der Waals surface area contributed by atoms with Crippen LogP contribution in [0.2, 0.25) is 0 Å². The Morgan fingerprint density at radius 2 is 2.11 bits per heavy atom. The van der Waals surface area contributed by atoms with E-state index in [1.54, 1.807) is 11.8 Å². The second-order valence-corrected chi connectivity index (χ2v) is 5.95. The lowest BCUT2D eigenvalue weighted by atomic mass is 9.86. The molecule has 0 amide bonds. The van der Waals surface area contributed by atoms with Crippen LogP contribution in [0.3, 0.4) is 0 Å². The highest BCUT2D eigenvalue weighted by molar-refractivity contribution is 7.99. The van der Waals surface area contributed by atoms with Crippen molar-refractivity contribution in [1.29, 1.82) is 0 Å². The molecule has 4 nitrogen and oxygen atoms in total. The molecule has 2 rings (SSSR count). The van der Waals surface area contributed by atoms with Gasteiger partial charge in [-0.25, -0.2) is 0 Å². The number of rotatable bonds is 5. The average Bonchev–Trinajstić information content (AvgIpc) is 2.70. The molecule has 0 aliphatic heterocycles. The highest BCUT2D eigenvalue weighted by Gasteiger charge is 2.29. The highest BCUT2D eigenvalue weighted by Crippen LogP contribution is 2.33. The number of hydrogen-bond donors (Lipinski definition) is 1. The van der Waals surface area contributed by atoms with Gasteiger partial charge in [-0.1, -0.05) is 37.1 Å². The Morgan fingerprint density at radius 3 is 2.78 bits per heavy atom. The van der Waals surface area contributed by atoms with E-state index >= 15 is 0 Å². The van der Waals surface area contributed by atoms with Gasteiger partial charge in [0.15, 0.2) is 5.16 Å². The zero-order valence-corrected chi connectivity index (χ0v) is 11.7. The van der Waals surface area contributed by atoms with Crippen molar-refractivity contribution in [2.45, 2.75) is 56.3 Å². The minimum atomic E-state index is -0.512. The molecular formula is C13H21N3OS. The minimum Gasteiger partial charge on any atom is -0.389 e. The molecule has 1 aromatic rings. The Labute approximate surface area is 112 Å². The summed E-state index contributed by atoms with van der Waals surface area (Å²) in [6.07, 6.45) is 7.18. The Kier molecular flexibility index (Phi) is 4.45. The molecule has 1 aliphatic carbocycles. The number of thioether (sulfide) groups is 1. The van der Waals surface area contributed by atoms with Gasteiger partial charge in [0.25, 0.3) is 0 Å². The van der Waals surface area contributed by atoms with Crippen LogP contribution in [0, 0.1) is 6.92 Å². The van der Waals surface area contributed by atoms with E-state index in [4.69, 9.17) is 0 Å². The summed E-state index contributed by atoms with van der Waals surface area (Å²) < 4.78 is 2.03. The van der Waals surface area contributed by atoms with Gasteiger partial charge in [-0.15, -0.1) is 16.8 Å². The SMILES string of the molecule is C=CCn1c(C)nnc1SCC1(O)CCCCC1. The van der Waals surface area contributed by atoms with Crippen LogP contribution in [-0.2, 0) is 6.54 Å². The van der Waals surface area contributed by atoms with Gasteiger partial charge in [0.05, 0.1) is 5.60 Å². The Bertz CT molecular complexity index is 410. The van der Waals surface area contributed by atoms with Crippen LogP contribution >= 0.6 is 11.8 Å². The molecule has 0 radical (unpaired) electrons. The number of allylic oxidation sites excluding steroid dienone is 1. The first kappa shape index (κ1) is 13.6. The first-order valence-corrected chi connectivity index (χ1v) is 7.49. The fourth-order valence-corrected chi connectivity index (χ4v) is 3.51. The molecule has 1 saturated carbocycles. The summed E-state index contributed by atoms with van der Waals surface area (Å²) in [5.41, 5.74) is -0.512. The molecule has 5 heteroatoms. The van der Waals surface area contributed by atoms with Crippen LogP contribution in [0.25, 0.3) is 0 Å². The molecule has 0 saturated heterocycles. The van der Waals surface area contributed by atoms with Gasteiger partial charge < -0.3 is 9.67 Å². The smallest absolute Gasteiger partial charge is 0.191 e. The van der Waals surface area contributed by atoms with Crippen molar-refractivity contribution in [2.24, 2.45) is 0 Å². The highest BCUT2D eigenvalue weighted by atomic mass is 32.2. The van der Waals surface area contributed by atoms with Crippen molar-refractivity contribution >= 4 is 11.8 Å². The summed E-state index contributed by atoms with van der Waals surface area (Å²) >= 11 is 1.60. The fourth-order valence-electron chi connectivity index (χ4n) is 2.36. The summed E-state index contributed by atoms with van der Waals surface area (Å²) in [6.45, 7) is 6.41. The number of aryl methyl sites for hydroxylation is 1. The lowest BCUT2D eigenvalue weighted by molar-refractivity contribution is 0.0272. The third-order valence-corrected chi connectivity index (χ3v) is 4.71. The summed E-state index contributed by atoms with van der Waals surface area (Å²) in [6, 6.07) is 0. The summed E-state index contributed by atoms with van der Waals surface area (Å²) in [4.78, 5) is 0. The molecule has 1 aliphatic rings. The lowest BCUT2D eigenvalue weighted by Gasteiger charge is -2.31. The first-order chi connectivity index (χ1) is 8.64. The predicted molar refractivity (Wildman–Crippen MR) is 73.7 cm³/mol. The van der Waals surface area contributed by atoms with Crippen LogP contribution in [0.4, 0.5) is 0 Å². The van der Waals surface area contributed by atoms with Crippen LogP contribution in [0.1, 0.15) is 37.9 Å². The van der Waals surface area contributed by atoms with E-state index in [1.165, 1.54) is 6.42 Å². The number of aliphatic hydroxyl groups is 1. The van der Waals surface area contributed by atoms with Crippen molar-refractivity contribution in [3.05, 3.63) is 18.5 Å². The molecule has 0 unspecified atom stereocenters. The maximum absolute atomic E-state index is 10.5. The monoisotopic (exact) mass is 267 g/mol. The summed E-state index contributed by atoms with van der Waals surface area (Å²) in [7, 11) is 0. The lowest BCUT2D eigenvalue weighted by Crippen LogP contribution is -2.34. The molecule has 0 atom stereocenters. The zero-order valence-electron chi connectivity index (χ0n) is 10.9. The Hall–Kier alpha value is -0.810.